The molecule has 1 saturated carbocycles. The largest absolute Gasteiger partial charge is 0.481 e. The molecule has 39 heavy (non-hydrogen) atoms. The molecule has 1 aromatic heterocycles. The molecule has 0 unspecified atom stereocenters. The smallest absolute Gasteiger partial charge is 0.310 e. The molecule has 10 nitrogen and oxygen atoms in total. The number of hydrogen-bond acceptors (Lipinski definition) is 6. The number of anilines is 2. The zero-order valence-electron chi connectivity index (χ0n) is 20.5. The van der Waals surface area contributed by atoms with Crippen molar-refractivity contribution in [1.82, 2.24) is 14.7 Å². The molecule has 1 aromatic carbocycles. The summed E-state index contributed by atoms with van der Waals surface area (Å²) in [5.74, 6) is -9.59. The molecule has 14 heteroatoms. The van der Waals surface area contributed by atoms with Gasteiger partial charge in [0.1, 0.15) is 23.2 Å². The van der Waals surface area contributed by atoms with Crippen LogP contribution in [0.5, 0.6) is 0 Å². The minimum Gasteiger partial charge on any atom is -0.481 e. The van der Waals surface area contributed by atoms with Crippen molar-refractivity contribution < 1.29 is 28.3 Å². The molecular weight excluding hydrogens is 557 g/mol. The van der Waals surface area contributed by atoms with Crippen molar-refractivity contribution in [2.24, 2.45) is 24.8 Å². The Bertz CT molecular complexity index is 1490. The zero-order chi connectivity index (χ0) is 28.0. The predicted molar refractivity (Wildman–Crippen MR) is 134 cm³/mol. The van der Waals surface area contributed by atoms with Gasteiger partial charge in [0.15, 0.2) is 5.69 Å². The zero-order valence-corrected chi connectivity index (χ0v) is 22.0. The number of carboxylic acids is 1. The van der Waals surface area contributed by atoms with Crippen LogP contribution in [0, 0.1) is 29.1 Å². The SMILES string of the molecule is Cn1cc(N(CC2CC2)C(=O)[C@H]2[C@H]3CC(F)(F)CN3[C@]3(C(=O)Nc4c(Cl)cc(Cl)cc43)[C@H]2C(=O)O)c(C#N)n1. The Kier molecular flexibility index (Phi) is 5.74. The first kappa shape index (κ1) is 26.0. The summed E-state index contributed by atoms with van der Waals surface area (Å²) in [5.41, 5.74) is -1.92. The Morgan fingerprint density at radius 3 is 2.69 bits per heavy atom. The lowest BCUT2D eigenvalue weighted by molar-refractivity contribution is -0.153. The maximum atomic E-state index is 15.0. The van der Waals surface area contributed by atoms with Gasteiger partial charge in [-0.05, 0) is 30.9 Å². The predicted octanol–water partition coefficient (Wildman–Crippen LogP) is 3.23. The second kappa shape index (κ2) is 8.61. The molecule has 2 N–H and O–H groups in total. The standard InChI is InChI=1S/C25H22Cl2F2N6O4/c1-33-9-17(15(7-30)32-33)34(8-11-2-3-11)21(36)18-16-6-24(28,29)10-35(16)25(19(18)22(37)38)13-4-12(26)5-14(27)20(13)31-23(25)39/h4-5,9,11,16,18-19H,2-3,6,8,10H2,1H3,(H,31,39)(H,37,38)/t16-,18+,19-,25+/m1/s1. The normalized spacial score (nSPS) is 28.7. The van der Waals surface area contributed by atoms with Gasteiger partial charge in [-0.1, -0.05) is 23.2 Å². The van der Waals surface area contributed by atoms with E-state index < -0.39 is 60.1 Å². The molecule has 0 bridgehead atoms. The summed E-state index contributed by atoms with van der Waals surface area (Å²) in [6.45, 7) is -0.764. The lowest BCUT2D eigenvalue weighted by Gasteiger charge is -2.36. The van der Waals surface area contributed by atoms with Gasteiger partial charge in [0.05, 0.1) is 23.2 Å². The van der Waals surface area contributed by atoms with E-state index in [9.17, 15) is 24.8 Å². The van der Waals surface area contributed by atoms with Crippen LogP contribution in [0.15, 0.2) is 18.3 Å². The van der Waals surface area contributed by atoms with E-state index in [1.54, 1.807) is 7.05 Å². The Morgan fingerprint density at radius 1 is 1.33 bits per heavy atom. The van der Waals surface area contributed by atoms with Crippen molar-refractivity contribution in [3.8, 4) is 6.07 Å². The molecule has 4 atom stereocenters. The first-order valence-electron chi connectivity index (χ1n) is 12.3. The third-order valence-electron chi connectivity index (χ3n) is 8.20. The number of nitriles is 1. The van der Waals surface area contributed by atoms with Crippen LogP contribution in [-0.2, 0) is 27.0 Å². The molecule has 6 rings (SSSR count). The highest BCUT2D eigenvalue weighted by atomic mass is 35.5. The molecule has 1 aliphatic carbocycles. The Morgan fingerprint density at radius 2 is 2.05 bits per heavy atom. The second-order valence-electron chi connectivity index (χ2n) is 10.7. The van der Waals surface area contributed by atoms with Gasteiger partial charge in [-0.15, -0.1) is 0 Å². The summed E-state index contributed by atoms with van der Waals surface area (Å²) < 4.78 is 31.4. The van der Waals surface area contributed by atoms with E-state index in [0.717, 1.165) is 17.7 Å². The molecule has 3 fully saturated rings. The number of benzene rings is 1. The fourth-order valence-electron chi connectivity index (χ4n) is 6.58. The number of alkyl halides is 2. The minimum atomic E-state index is -3.29. The van der Waals surface area contributed by atoms with Gasteiger partial charge in [-0.25, -0.2) is 8.78 Å². The number of halogens is 4. The fraction of sp³-hybridized carbons (Fsp3) is 0.480. The number of hydrogen-bond donors (Lipinski definition) is 2. The number of rotatable bonds is 5. The van der Waals surface area contributed by atoms with E-state index >= 15 is 8.78 Å². The molecule has 204 valence electrons. The van der Waals surface area contributed by atoms with Crippen molar-refractivity contribution in [2.75, 3.05) is 23.3 Å². The van der Waals surface area contributed by atoms with Crippen LogP contribution in [0.2, 0.25) is 10.0 Å². The number of carbonyl (C=O) groups is 3. The summed E-state index contributed by atoms with van der Waals surface area (Å²) in [6, 6.07) is 3.36. The highest BCUT2D eigenvalue weighted by Gasteiger charge is 2.75. The summed E-state index contributed by atoms with van der Waals surface area (Å²) in [4.78, 5) is 43.6. The van der Waals surface area contributed by atoms with E-state index in [1.165, 1.54) is 27.9 Å². The molecular formula is C25H22Cl2F2N6O4. The van der Waals surface area contributed by atoms with Crippen molar-refractivity contribution in [2.45, 2.75) is 36.8 Å². The van der Waals surface area contributed by atoms with E-state index in [0.29, 0.717) is 0 Å². The summed E-state index contributed by atoms with van der Waals surface area (Å²) in [6.07, 6.45) is 2.30. The van der Waals surface area contributed by atoms with E-state index in [1.807, 2.05) is 6.07 Å². The number of aromatic nitrogens is 2. The van der Waals surface area contributed by atoms with Crippen LogP contribution >= 0.6 is 23.2 Å². The molecule has 2 aromatic rings. The molecule has 2 saturated heterocycles. The molecule has 1 spiro atoms. The van der Waals surface area contributed by atoms with Gasteiger partial charge >= 0.3 is 5.97 Å². The van der Waals surface area contributed by atoms with Crippen LogP contribution in [0.3, 0.4) is 0 Å². The minimum absolute atomic E-state index is 0.0218. The maximum absolute atomic E-state index is 15.0. The number of aryl methyl sites for hydroxylation is 1. The van der Waals surface area contributed by atoms with Gasteiger partial charge in [0.2, 0.25) is 5.91 Å². The first-order valence-corrected chi connectivity index (χ1v) is 13.1. The van der Waals surface area contributed by atoms with Crippen molar-refractivity contribution in [3.05, 3.63) is 39.6 Å². The Hall–Kier alpha value is -3.27. The number of nitrogens with zero attached hydrogens (tertiary/aromatic N) is 5. The van der Waals surface area contributed by atoms with Crippen LogP contribution < -0.4 is 10.2 Å². The molecule has 4 heterocycles. The number of amides is 2. The van der Waals surface area contributed by atoms with Gasteiger partial charge in [-0.3, -0.25) is 24.0 Å². The van der Waals surface area contributed by atoms with Crippen LogP contribution in [-0.4, -0.2) is 62.6 Å². The highest BCUT2D eigenvalue weighted by molar-refractivity contribution is 6.38. The third-order valence-corrected chi connectivity index (χ3v) is 8.71. The Balaban J connectivity index is 1.55. The number of aliphatic carboxylic acids is 1. The fourth-order valence-corrected chi connectivity index (χ4v) is 7.12. The van der Waals surface area contributed by atoms with Crippen molar-refractivity contribution in [1.29, 1.82) is 5.26 Å². The van der Waals surface area contributed by atoms with E-state index in [-0.39, 0.29) is 45.1 Å². The monoisotopic (exact) mass is 578 g/mol. The number of carboxylic acid groups (broad SMARTS) is 1. The topological polar surface area (TPSA) is 132 Å². The van der Waals surface area contributed by atoms with Crippen LogP contribution in [0.1, 0.15) is 30.5 Å². The average Bonchev–Trinajstić information content (AvgIpc) is 3.29. The molecule has 3 aliphatic heterocycles. The quantitative estimate of drug-likeness (QED) is 0.556. The lowest BCUT2D eigenvalue weighted by atomic mass is 9.73. The summed E-state index contributed by atoms with van der Waals surface area (Å²) in [7, 11) is 1.57. The average molecular weight is 579 g/mol. The number of nitrogens with one attached hydrogen (secondary N) is 1. The van der Waals surface area contributed by atoms with Gasteiger partial charge in [-0.2, -0.15) is 10.4 Å². The Labute approximate surface area is 231 Å². The van der Waals surface area contributed by atoms with E-state index in [4.69, 9.17) is 23.2 Å². The highest BCUT2D eigenvalue weighted by Crippen LogP contribution is 2.61. The van der Waals surface area contributed by atoms with Crippen LogP contribution in [0.4, 0.5) is 20.2 Å². The number of carbonyl (C=O) groups excluding carboxylic acids is 2. The first-order chi connectivity index (χ1) is 18.4. The molecule has 0 radical (unpaired) electrons. The second-order valence-corrected chi connectivity index (χ2v) is 11.5. The summed E-state index contributed by atoms with van der Waals surface area (Å²) >= 11 is 12.6. The van der Waals surface area contributed by atoms with Gasteiger partial charge < -0.3 is 15.3 Å². The molecule has 2 amide bonds. The van der Waals surface area contributed by atoms with E-state index in [2.05, 4.69) is 10.4 Å². The molecule has 4 aliphatic rings. The van der Waals surface area contributed by atoms with Crippen molar-refractivity contribution >= 4 is 52.4 Å². The van der Waals surface area contributed by atoms with Gasteiger partial charge in [0, 0.05) is 42.8 Å². The van der Waals surface area contributed by atoms with Crippen LogP contribution in [0.25, 0.3) is 0 Å². The third kappa shape index (κ3) is 3.74. The summed E-state index contributed by atoms with van der Waals surface area (Å²) in [5, 5.41) is 27.0. The number of fused-ring (bicyclic) bond motifs is 4. The van der Waals surface area contributed by atoms with Gasteiger partial charge in [0.25, 0.3) is 11.8 Å². The van der Waals surface area contributed by atoms with Crippen molar-refractivity contribution in [3.63, 3.8) is 0 Å². The lowest BCUT2D eigenvalue weighted by Crippen LogP contribution is -2.54. The maximum Gasteiger partial charge on any atom is 0.310 e.